The summed E-state index contributed by atoms with van der Waals surface area (Å²) in [5, 5.41) is 3.32. The maximum absolute atomic E-state index is 13.4. The molecule has 2 heterocycles. The van der Waals surface area contributed by atoms with Gasteiger partial charge in [-0.05, 0) is 42.0 Å². The lowest BCUT2D eigenvalue weighted by Gasteiger charge is -2.25. The Morgan fingerprint density at radius 3 is 2.53 bits per heavy atom. The number of nitrogens with zero attached hydrogens (tertiary/aromatic N) is 3. The molecule has 0 aromatic heterocycles. The summed E-state index contributed by atoms with van der Waals surface area (Å²) in [5.41, 5.74) is 3.27. The number of thioether (sulfide) groups is 1. The van der Waals surface area contributed by atoms with Gasteiger partial charge in [-0.2, -0.15) is 0 Å². The van der Waals surface area contributed by atoms with Crippen LogP contribution in [0.15, 0.2) is 88.8 Å². The normalized spacial score (nSPS) is 16.3. The average molecular weight is 471 g/mol. The third-order valence-electron chi connectivity index (χ3n) is 5.53. The molecular weight excluding hydrogens is 448 g/mol. The van der Waals surface area contributed by atoms with Crippen LogP contribution in [0.4, 0.5) is 11.4 Å². The Labute approximate surface area is 201 Å². The molecule has 7 nitrogen and oxygen atoms in total. The second-order valence-electron chi connectivity index (χ2n) is 7.81. The molecule has 2 amide bonds. The summed E-state index contributed by atoms with van der Waals surface area (Å²) in [7, 11) is 1.59. The van der Waals surface area contributed by atoms with E-state index >= 15 is 0 Å². The summed E-state index contributed by atoms with van der Waals surface area (Å²) in [5.74, 6) is 1.09. The van der Waals surface area contributed by atoms with Crippen molar-refractivity contribution in [3.63, 3.8) is 0 Å². The molecule has 0 saturated carbocycles. The zero-order valence-corrected chi connectivity index (χ0v) is 19.3. The summed E-state index contributed by atoms with van der Waals surface area (Å²) < 4.78 is 5.14. The first kappa shape index (κ1) is 21.9. The number of aliphatic imine (C=N–C) groups is 2. The highest BCUT2D eigenvalue weighted by Crippen LogP contribution is 2.34. The molecule has 1 atom stereocenters. The van der Waals surface area contributed by atoms with Crippen LogP contribution >= 0.6 is 11.8 Å². The van der Waals surface area contributed by atoms with Crippen molar-refractivity contribution in [2.45, 2.75) is 12.5 Å². The molecule has 3 aromatic carbocycles. The van der Waals surface area contributed by atoms with Crippen molar-refractivity contribution in [1.82, 2.24) is 4.90 Å². The number of carbonyl (C=O) groups is 2. The number of hydrogen-bond donors (Lipinski definition) is 1. The molecule has 170 valence electrons. The second kappa shape index (κ2) is 9.52. The minimum Gasteiger partial charge on any atom is -0.497 e. The lowest BCUT2D eigenvalue weighted by molar-refractivity contribution is -0.124. The zero-order chi connectivity index (χ0) is 23.5. The van der Waals surface area contributed by atoms with E-state index in [4.69, 9.17) is 9.73 Å². The monoisotopic (exact) mass is 470 g/mol. The highest BCUT2D eigenvalue weighted by atomic mass is 32.2. The lowest BCUT2D eigenvalue weighted by Crippen LogP contribution is -2.41. The van der Waals surface area contributed by atoms with Crippen molar-refractivity contribution in [2.75, 3.05) is 18.2 Å². The number of fused-ring (bicyclic) bond motifs is 3. The number of amides is 2. The molecule has 0 saturated heterocycles. The first-order valence-corrected chi connectivity index (χ1v) is 11.8. The van der Waals surface area contributed by atoms with Gasteiger partial charge in [-0.25, -0.2) is 9.89 Å². The minimum absolute atomic E-state index is 0.105. The summed E-state index contributed by atoms with van der Waals surface area (Å²) in [6, 6.07) is 24.0. The van der Waals surface area contributed by atoms with Crippen molar-refractivity contribution < 1.29 is 14.3 Å². The SMILES string of the molecule is COc1ccc(NC(=O)CSC2=Nc3ccccc3C3=NC(Cc4ccccc4)C(=O)N23)cc1. The van der Waals surface area contributed by atoms with Gasteiger partial charge in [-0.1, -0.05) is 54.2 Å². The molecule has 1 N–H and O–H groups in total. The minimum atomic E-state index is -0.525. The second-order valence-corrected chi connectivity index (χ2v) is 8.75. The van der Waals surface area contributed by atoms with Gasteiger partial charge in [0.25, 0.3) is 5.91 Å². The number of benzene rings is 3. The Balaban J connectivity index is 1.34. The van der Waals surface area contributed by atoms with Crippen LogP contribution in [0.5, 0.6) is 5.75 Å². The smallest absolute Gasteiger partial charge is 0.259 e. The molecule has 8 heteroatoms. The predicted octanol–water partition coefficient (Wildman–Crippen LogP) is 4.27. The van der Waals surface area contributed by atoms with Crippen molar-refractivity contribution in [3.05, 3.63) is 90.0 Å². The van der Waals surface area contributed by atoms with Gasteiger partial charge in [0.15, 0.2) is 5.17 Å². The van der Waals surface area contributed by atoms with Crippen molar-refractivity contribution >= 4 is 46.0 Å². The van der Waals surface area contributed by atoms with E-state index in [0.29, 0.717) is 28.9 Å². The van der Waals surface area contributed by atoms with Crippen molar-refractivity contribution in [2.24, 2.45) is 9.98 Å². The maximum Gasteiger partial charge on any atom is 0.259 e. The van der Waals surface area contributed by atoms with E-state index in [1.807, 2.05) is 54.6 Å². The van der Waals surface area contributed by atoms with Gasteiger partial charge < -0.3 is 10.1 Å². The van der Waals surface area contributed by atoms with Crippen LogP contribution in [0.1, 0.15) is 11.1 Å². The zero-order valence-electron chi connectivity index (χ0n) is 18.5. The number of rotatable bonds is 6. The first-order valence-electron chi connectivity index (χ1n) is 10.8. The van der Waals surface area contributed by atoms with Crippen molar-refractivity contribution in [1.29, 1.82) is 0 Å². The quantitative estimate of drug-likeness (QED) is 0.583. The van der Waals surface area contributed by atoms with Crippen LogP contribution in [0, 0.1) is 0 Å². The summed E-state index contributed by atoms with van der Waals surface area (Å²) in [4.78, 5) is 37.0. The number of ether oxygens (including phenoxy) is 1. The van der Waals surface area contributed by atoms with Crippen LogP contribution in [0.3, 0.4) is 0 Å². The molecule has 1 unspecified atom stereocenters. The van der Waals surface area contributed by atoms with Crippen LogP contribution in [-0.4, -0.2) is 46.6 Å². The standard InChI is InChI=1S/C26H22N4O3S/c1-33-19-13-11-18(12-14-19)27-23(31)16-34-26-29-21-10-6-5-9-20(21)24-28-22(25(32)30(24)26)15-17-7-3-2-4-8-17/h2-14,22H,15-16H2,1H3,(H,27,31). The van der Waals surface area contributed by atoms with E-state index in [1.54, 1.807) is 36.3 Å². The molecule has 3 aromatic rings. The molecule has 0 bridgehead atoms. The van der Waals surface area contributed by atoms with E-state index < -0.39 is 6.04 Å². The van der Waals surface area contributed by atoms with Gasteiger partial charge in [0.05, 0.1) is 18.6 Å². The molecule has 34 heavy (non-hydrogen) atoms. The largest absolute Gasteiger partial charge is 0.497 e. The number of anilines is 1. The molecule has 5 rings (SSSR count). The predicted molar refractivity (Wildman–Crippen MR) is 135 cm³/mol. The van der Waals surface area contributed by atoms with Gasteiger partial charge in [0.2, 0.25) is 5.91 Å². The van der Waals surface area contributed by atoms with E-state index in [9.17, 15) is 9.59 Å². The fraction of sp³-hybridized carbons (Fsp3) is 0.154. The third-order valence-corrected chi connectivity index (χ3v) is 6.46. The van der Waals surface area contributed by atoms with Gasteiger partial charge in [-0.15, -0.1) is 0 Å². The first-order chi connectivity index (χ1) is 16.6. The maximum atomic E-state index is 13.4. The fourth-order valence-corrected chi connectivity index (χ4v) is 4.67. The molecule has 0 fully saturated rings. The van der Waals surface area contributed by atoms with Gasteiger partial charge in [0.1, 0.15) is 17.6 Å². The Morgan fingerprint density at radius 1 is 1.03 bits per heavy atom. The van der Waals surface area contributed by atoms with Gasteiger partial charge >= 0.3 is 0 Å². The Hall–Kier alpha value is -3.91. The molecule has 0 radical (unpaired) electrons. The fourth-order valence-electron chi connectivity index (χ4n) is 3.87. The number of para-hydroxylation sites is 1. The number of nitrogens with one attached hydrogen (secondary N) is 1. The summed E-state index contributed by atoms with van der Waals surface area (Å²) in [6.45, 7) is 0. The molecule has 2 aliphatic heterocycles. The van der Waals surface area contributed by atoms with Crippen molar-refractivity contribution in [3.8, 4) is 5.75 Å². The van der Waals surface area contributed by atoms with Gasteiger partial charge in [-0.3, -0.25) is 14.6 Å². The van der Waals surface area contributed by atoms with E-state index in [-0.39, 0.29) is 17.6 Å². The topological polar surface area (TPSA) is 83.4 Å². The Bertz CT molecular complexity index is 1290. The van der Waals surface area contributed by atoms with Crippen LogP contribution in [0.25, 0.3) is 0 Å². The number of methoxy groups -OCH3 is 1. The molecular formula is C26H22N4O3S. The van der Waals surface area contributed by atoms with E-state index in [0.717, 1.165) is 16.8 Å². The van der Waals surface area contributed by atoms with Crippen LogP contribution in [0.2, 0.25) is 0 Å². The number of carbonyl (C=O) groups excluding carboxylic acids is 2. The lowest BCUT2D eigenvalue weighted by atomic mass is 10.1. The highest BCUT2D eigenvalue weighted by molar-refractivity contribution is 8.14. The number of amidine groups is 2. The van der Waals surface area contributed by atoms with E-state index in [1.165, 1.54) is 11.8 Å². The Morgan fingerprint density at radius 2 is 1.76 bits per heavy atom. The van der Waals surface area contributed by atoms with Crippen LogP contribution < -0.4 is 10.1 Å². The highest BCUT2D eigenvalue weighted by Gasteiger charge is 2.41. The average Bonchev–Trinajstić information content (AvgIpc) is 3.20. The van der Waals surface area contributed by atoms with Crippen LogP contribution in [-0.2, 0) is 16.0 Å². The molecule has 2 aliphatic rings. The summed E-state index contributed by atoms with van der Waals surface area (Å²) >= 11 is 1.22. The Kier molecular flexibility index (Phi) is 6.14. The molecule has 0 aliphatic carbocycles. The third kappa shape index (κ3) is 4.45. The van der Waals surface area contributed by atoms with E-state index in [2.05, 4.69) is 10.3 Å². The summed E-state index contributed by atoms with van der Waals surface area (Å²) in [6.07, 6.45) is 0.512. The van der Waals surface area contributed by atoms with Gasteiger partial charge in [0, 0.05) is 17.7 Å². The molecule has 0 spiro atoms. The number of hydrogen-bond acceptors (Lipinski definition) is 6.